The van der Waals surface area contributed by atoms with Gasteiger partial charge in [0.1, 0.15) is 0 Å². The summed E-state index contributed by atoms with van der Waals surface area (Å²) in [6.45, 7) is 8.69. The van der Waals surface area contributed by atoms with Gasteiger partial charge in [-0.15, -0.1) is 13.2 Å². The van der Waals surface area contributed by atoms with Gasteiger partial charge in [0.05, 0.1) is 0 Å². The molecule has 0 amide bonds. The number of hydrogen-bond donors (Lipinski definition) is 0. The summed E-state index contributed by atoms with van der Waals surface area (Å²) in [4.78, 5) is 0. The first-order valence-electron chi connectivity index (χ1n) is 3.79. The van der Waals surface area contributed by atoms with Crippen molar-refractivity contribution in [2.45, 2.75) is 12.8 Å². The molecule has 0 bridgehead atoms. The summed E-state index contributed by atoms with van der Waals surface area (Å²) in [6, 6.07) is 0. The van der Waals surface area contributed by atoms with E-state index in [1.54, 1.807) is 0 Å². The average molecular weight is 172 g/mol. The van der Waals surface area contributed by atoms with Crippen molar-refractivity contribution in [3.8, 4) is 0 Å². The lowest BCUT2D eigenvalue weighted by molar-refractivity contribution is 0.228. The first-order chi connectivity index (χ1) is 5.41. The molecule has 0 N–H and O–H groups in total. The van der Waals surface area contributed by atoms with Crippen molar-refractivity contribution in [1.82, 2.24) is 0 Å². The molecule has 0 aromatic carbocycles. The lowest BCUT2D eigenvalue weighted by atomic mass is 10.5. The van der Waals surface area contributed by atoms with Crippen molar-refractivity contribution in [3.05, 3.63) is 25.3 Å². The summed E-state index contributed by atoms with van der Waals surface area (Å²) in [5, 5.41) is 0. The van der Waals surface area contributed by atoms with Crippen molar-refractivity contribution >= 4 is 10.0 Å². The summed E-state index contributed by atoms with van der Waals surface area (Å²) in [5.74, 6) is 0. The molecule has 0 atom stereocenters. The van der Waals surface area contributed by atoms with E-state index in [0.29, 0.717) is 0 Å². The first kappa shape index (κ1) is 10.6. The highest BCUT2D eigenvalue weighted by atomic mass is 28.3. The Labute approximate surface area is 71.0 Å². The molecule has 0 aliphatic heterocycles. The van der Waals surface area contributed by atoms with Gasteiger partial charge < -0.3 is 8.85 Å². The maximum atomic E-state index is 5.23. The van der Waals surface area contributed by atoms with Gasteiger partial charge in [-0.1, -0.05) is 12.2 Å². The molecule has 0 rings (SSSR count). The summed E-state index contributed by atoms with van der Waals surface area (Å²) in [5.41, 5.74) is 0. The third-order valence-electron chi connectivity index (χ3n) is 1.10. The van der Waals surface area contributed by atoms with Crippen LogP contribution < -0.4 is 0 Å². The topological polar surface area (TPSA) is 18.5 Å². The number of hydrogen-bond acceptors (Lipinski definition) is 2. The molecule has 2 nitrogen and oxygen atoms in total. The maximum Gasteiger partial charge on any atom is 0.304 e. The van der Waals surface area contributed by atoms with Gasteiger partial charge in [-0.05, 0) is 12.8 Å². The largest absolute Gasteiger partial charge is 0.399 e. The fraction of sp³-hybridized carbons (Fsp3) is 0.500. The lowest BCUT2D eigenvalue weighted by Crippen LogP contribution is -2.05. The predicted octanol–water partition coefficient (Wildman–Crippen LogP) is 1.17. The number of rotatable bonds is 8. The molecule has 0 heterocycles. The van der Waals surface area contributed by atoms with Crippen LogP contribution in [0.25, 0.3) is 0 Å². The molecule has 0 aliphatic carbocycles. The van der Waals surface area contributed by atoms with E-state index in [2.05, 4.69) is 13.2 Å². The fourth-order valence-corrected chi connectivity index (χ4v) is 1.20. The zero-order chi connectivity index (χ0) is 8.36. The quantitative estimate of drug-likeness (QED) is 0.311. The van der Waals surface area contributed by atoms with Gasteiger partial charge in [0.25, 0.3) is 0 Å². The molecule has 0 aromatic heterocycles. The molecular formula is C8H16O2Si. The van der Waals surface area contributed by atoms with Crippen LogP contribution in [0.5, 0.6) is 0 Å². The van der Waals surface area contributed by atoms with Crippen LogP contribution in [0.3, 0.4) is 0 Å². The van der Waals surface area contributed by atoms with Crippen LogP contribution in [-0.2, 0) is 8.85 Å². The monoisotopic (exact) mass is 172 g/mol. The van der Waals surface area contributed by atoms with Crippen LogP contribution in [0.2, 0.25) is 0 Å². The van der Waals surface area contributed by atoms with Gasteiger partial charge in [0.15, 0.2) is 0 Å². The average Bonchev–Trinajstić information content (AvgIpc) is 2.03. The molecule has 0 spiro atoms. The predicted molar refractivity (Wildman–Crippen MR) is 50.1 cm³/mol. The molecule has 64 valence electrons. The van der Waals surface area contributed by atoms with E-state index in [1.165, 1.54) is 0 Å². The van der Waals surface area contributed by atoms with Crippen LogP contribution in [0.4, 0.5) is 0 Å². The first-order valence-corrected chi connectivity index (χ1v) is 4.94. The molecule has 0 aromatic rings. The molecule has 0 radical (unpaired) electrons. The van der Waals surface area contributed by atoms with E-state index < -0.39 is 10.0 Å². The minimum Gasteiger partial charge on any atom is -0.399 e. The Balaban J connectivity index is 2.79. The van der Waals surface area contributed by atoms with Gasteiger partial charge in [-0.2, -0.15) is 0 Å². The van der Waals surface area contributed by atoms with E-state index in [0.717, 1.165) is 26.1 Å². The summed E-state index contributed by atoms with van der Waals surface area (Å²) >= 11 is 0. The highest BCUT2D eigenvalue weighted by Gasteiger charge is 1.86. The van der Waals surface area contributed by atoms with Gasteiger partial charge in [-0.25, -0.2) is 0 Å². The second-order valence-electron chi connectivity index (χ2n) is 2.09. The Kier molecular flexibility index (Phi) is 9.28. The van der Waals surface area contributed by atoms with E-state index >= 15 is 0 Å². The normalized spacial score (nSPS) is 9.45. The standard InChI is InChI=1S/C8H16O2Si/c1-3-5-7-9-11-10-8-6-4-2/h3-4H,1-2,5-8,11H2. The molecule has 0 unspecified atom stereocenters. The van der Waals surface area contributed by atoms with Crippen molar-refractivity contribution in [2.75, 3.05) is 13.2 Å². The zero-order valence-corrected chi connectivity index (χ0v) is 8.34. The van der Waals surface area contributed by atoms with E-state index in [9.17, 15) is 0 Å². The van der Waals surface area contributed by atoms with Crippen LogP contribution >= 0.6 is 0 Å². The minimum atomic E-state index is -0.725. The molecular weight excluding hydrogens is 156 g/mol. The Morgan fingerprint density at radius 3 is 1.82 bits per heavy atom. The molecule has 0 saturated heterocycles. The summed E-state index contributed by atoms with van der Waals surface area (Å²) in [6.07, 6.45) is 5.52. The van der Waals surface area contributed by atoms with E-state index in [1.807, 2.05) is 12.2 Å². The van der Waals surface area contributed by atoms with E-state index in [-0.39, 0.29) is 0 Å². The Bertz CT molecular complexity index is 92.3. The van der Waals surface area contributed by atoms with Gasteiger partial charge in [0.2, 0.25) is 0 Å². The lowest BCUT2D eigenvalue weighted by Gasteiger charge is -2.01. The summed E-state index contributed by atoms with van der Waals surface area (Å²) in [7, 11) is -0.725. The highest BCUT2D eigenvalue weighted by molar-refractivity contribution is 6.17. The van der Waals surface area contributed by atoms with E-state index in [4.69, 9.17) is 8.85 Å². The van der Waals surface area contributed by atoms with Crippen LogP contribution in [-0.4, -0.2) is 23.2 Å². The van der Waals surface area contributed by atoms with Crippen molar-refractivity contribution in [1.29, 1.82) is 0 Å². The maximum absolute atomic E-state index is 5.23. The molecule has 11 heavy (non-hydrogen) atoms. The van der Waals surface area contributed by atoms with Crippen LogP contribution in [0, 0.1) is 0 Å². The van der Waals surface area contributed by atoms with Crippen LogP contribution in [0.15, 0.2) is 25.3 Å². The smallest absolute Gasteiger partial charge is 0.304 e. The Morgan fingerprint density at radius 1 is 1.00 bits per heavy atom. The van der Waals surface area contributed by atoms with Gasteiger partial charge >= 0.3 is 10.0 Å². The molecule has 0 saturated carbocycles. The van der Waals surface area contributed by atoms with Gasteiger partial charge in [0, 0.05) is 13.2 Å². The second kappa shape index (κ2) is 9.62. The molecule has 3 heteroatoms. The molecule has 0 fully saturated rings. The van der Waals surface area contributed by atoms with Crippen LogP contribution in [0.1, 0.15) is 12.8 Å². The van der Waals surface area contributed by atoms with Crippen molar-refractivity contribution in [2.24, 2.45) is 0 Å². The molecule has 0 aliphatic rings. The fourth-order valence-electron chi connectivity index (χ4n) is 0.510. The van der Waals surface area contributed by atoms with Gasteiger partial charge in [-0.3, -0.25) is 0 Å². The highest BCUT2D eigenvalue weighted by Crippen LogP contribution is 1.84. The third kappa shape index (κ3) is 9.62. The third-order valence-corrected chi connectivity index (χ3v) is 2.01. The van der Waals surface area contributed by atoms with Crippen molar-refractivity contribution < 1.29 is 8.85 Å². The zero-order valence-electron chi connectivity index (χ0n) is 6.92. The summed E-state index contributed by atoms with van der Waals surface area (Å²) < 4.78 is 10.5. The Morgan fingerprint density at radius 2 is 1.45 bits per heavy atom. The minimum absolute atomic E-state index is 0.725. The Hall–Kier alpha value is -0.383. The van der Waals surface area contributed by atoms with Crippen molar-refractivity contribution in [3.63, 3.8) is 0 Å². The SMILES string of the molecule is C=CCCO[SiH2]OCCC=C. The second-order valence-corrected chi connectivity index (χ2v) is 3.14.